The zero-order valence-electron chi connectivity index (χ0n) is 68.2. The van der Waals surface area contributed by atoms with Gasteiger partial charge in [0.05, 0.1) is 18.4 Å². The number of terminal acetylenes is 1. The van der Waals surface area contributed by atoms with Crippen LogP contribution in [0.1, 0.15) is 61.8 Å². The maximum atomic E-state index is 12.9. The van der Waals surface area contributed by atoms with Gasteiger partial charge in [0, 0.05) is 111 Å². The third kappa shape index (κ3) is 25.2. The molecule has 8 aromatic heterocycles. The molecule has 6 aromatic carbocycles. The molecule has 0 aliphatic heterocycles. The Kier molecular flexibility index (Phi) is 27.7. The number of aromatic amines is 4. The van der Waals surface area contributed by atoms with Gasteiger partial charge in [-0.25, -0.2) is 33.7 Å². The number of H-pyrrole nitrogens is 4. The van der Waals surface area contributed by atoms with Crippen LogP contribution in [0.2, 0.25) is 19.6 Å². The number of carboxylic acids is 4. The van der Waals surface area contributed by atoms with Gasteiger partial charge in [0.1, 0.15) is 49.1 Å². The molecular weight excluding hydrogens is 1860 g/mol. The number of fused-ring (bicyclic) bond motifs is 4. The summed E-state index contributed by atoms with van der Waals surface area (Å²) in [6, 6.07) is 49.5. The molecule has 0 aliphatic carbocycles. The number of aryl methyl sites for hydroxylation is 2. The predicted molar refractivity (Wildman–Crippen MR) is 479 cm³/mol. The molecule has 610 valence electrons. The molecule has 0 unspecified atom stereocenters. The van der Waals surface area contributed by atoms with Crippen LogP contribution in [0.5, 0.6) is 0 Å². The first-order valence-corrected chi connectivity index (χ1v) is 49.6. The van der Waals surface area contributed by atoms with E-state index in [2.05, 4.69) is 126 Å². The monoisotopic (exact) mass is 1940 g/mol. The second-order valence-electron chi connectivity index (χ2n) is 26.7. The number of hydrogen-bond donors (Lipinski definition) is 12. The van der Waals surface area contributed by atoms with Gasteiger partial charge in [0.25, 0.3) is 40.1 Å². The largest absolute Gasteiger partial charge is 0.480 e. The van der Waals surface area contributed by atoms with Gasteiger partial charge in [-0.3, -0.25) is 19.2 Å². The van der Waals surface area contributed by atoms with Crippen molar-refractivity contribution in [2.45, 2.75) is 100 Å². The second kappa shape index (κ2) is 40.1. The topological polar surface area (TPSA) is 397 Å². The van der Waals surface area contributed by atoms with E-state index >= 15 is 0 Å². The number of thiophene rings is 4. The molecule has 118 heavy (non-hydrogen) atoms. The number of sulfonamides is 4. The van der Waals surface area contributed by atoms with E-state index in [0.29, 0.717) is 35.1 Å². The number of hydrogen-bond acceptors (Lipinski definition) is 16. The molecule has 8 heterocycles. The number of halogens is 2. The van der Waals surface area contributed by atoms with Crippen LogP contribution in [-0.4, -0.2) is 130 Å². The van der Waals surface area contributed by atoms with Gasteiger partial charge in [-0.15, -0.1) is 57.3 Å². The molecule has 0 bridgehead atoms. The van der Waals surface area contributed by atoms with Crippen molar-refractivity contribution in [1.82, 2.24) is 38.8 Å². The van der Waals surface area contributed by atoms with Crippen LogP contribution in [0.3, 0.4) is 0 Å². The maximum absolute atomic E-state index is 12.9. The minimum absolute atomic E-state index is 0.00868. The Morgan fingerprint density at radius 2 is 0.720 bits per heavy atom. The standard InChI is InChI=1S/C24H20N2O4S2.C20H22N2O4S2Si.C17H14N2O4S2.C15H13BrN2O4S2.C7H7I/c1-16-6-8-17(9-7-16)10-11-19-12-13-23(31-19)32(29,30)26-22(24(27)28)14-18-15-25-21-5-3-2-4-20(18)21;1-29(2,3)11-10-15-8-9-19(27-15)28(25,26)22-18(20(23)24)12-14-13-21-17-7-5-4-6-16(14)17;1-2-12-7-8-16(24-12)25(22,23)19-15(17(20)21)9-11-10-18-14-6-4-3-5-13(11)14;16-13-5-6-14(23-13)24(21,22)18-12(15(19)20)7-9-8-17-11-4-2-1-3-10(9)11;1-6-2-4-7(8)5-3-6/h2-9,12-13,15,22,25-26H,14H2,1H3,(H,27,28);4-9,13,18,21-22H,12H2,1-3H3,(H,23,24);1,3-8,10,15,18-19H,9H2,(H,20,21);1-6,8,12,17-18H,7H2,(H,19,20);2-5H,1H3/t22-;18-;15-;12-;/m1111./s1/i1D3;;;;1D3. The van der Waals surface area contributed by atoms with E-state index in [4.69, 9.17) is 14.6 Å². The van der Waals surface area contributed by atoms with E-state index in [1.165, 1.54) is 42.5 Å². The van der Waals surface area contributed by atoms with Crippen molar-refractivity contribution in [1.29, 1.82) is 0 Å². The Morgan fingerprint density at radius 3 is 1.02 bits per heavy atom. The molecule has 0 aliphatic rings. The molecule has 0 fully saturated rings. The Morgan fingerprint density at radius 1 is 0.424 bits per heavy atom. The van der Waals surface area contributed by atoms with Gasteiger partial charge >= 0.3 is 23.9 Å². The third-order valence-electron chi connectivity index (χ3n) is 16.9. The molecule has 0 radical (unpaired) electrons. The second-order valence-corrected chi connectivity index (χ2v) is 46.2. The summed E-state index contributed by atoms with van der Waals surface area (Å²) in [5.74, 6) is 6.14. The number of carbonyl (C=O) groups is 4. The van der Waals surface area contributed by atoms with Crippen molar-refractivity contribution in [3.8, 4) is 35.6 Å². The highest BCUT2D eigenvalue weighted by molar-refractivity contribution is 14.1. The number of rotatable bonds is 24. The first-order valence-electron chi connectivity index (χ1n) is 38.0. The van der Waals surface area contributed by atoms with E-state index in [-0.39, 0.29) is 48.1 Å². The van der Waals surface area contributed by atoms with Gasteiger partial charge in [0.15, 0.2) is 0 Å². The lowest BCUT2D eigenvalue weighted by atomic mass is 10.1. The van der Waals surface area contributed by atoms with Crippen molar-refractivity contribution in [3.05, 3.63) is 280 Å². The molecule has 0 saturated carbocycles. The van der Waals surface area contributed by atoms with Crippen LogP contribution in [0.25, 0.3) is 43.6 Å². The van der Waals surface area contributed by atoms with E-state index in [9.17, 15) is 73.3 Å². The van der Waals surface area contributed by atoms with Crippen LogP contribution < -0.4 is 18.9 Å². The predicted octanol–water partition coefficient (Wildman–Crippen LogP) is 15.1. The molecule has 35 heteroatoms. The number of aromatic nitrogens is 4. The summed E-state index contributed by atoms with van der Waals surface area (Å²) < 4.78 is 155. The van der Waals surface area contributed by atoms with Crippen LogP contribution in [-0.2, 0) is 85.0 Å². The van der Waals surface area contributed by atoms with Gasteiger partial charge in [-0.1, -0.05) is 152 Å². The summed E-state index contributed by atoms with van der Waals surface area (Å²) in [7, 11) is -17.5. The fraction of sp³-hybridized carbons (Fsp3) is 0.157. The molecule has 0 amide bonds. The first kappa shape index (κ1) is 81.6. The lowest BCUT2D eigenvalue weighted by Crippen LogP contribution is -2.42. The molecular formula is C83H76BrIN8O16S8Si. The summed E-state index contributed by atoms with van der Waals surface area (Å²) in [4.78, 5) is 60.5. The number of benzene rings is 6. The summed E-state index contributed by atoms with van der Waals surface area (Å²) in [6.07, 6.45) is 12.1. The van der Waals surface area contributed by atoms with Crippen molar-refractivity contribution >= 4 is 200 Å². The first-order chi connectivity index (χ1) is 58.3. The molecule has 0 saturated heterocycles. The minimum atomic E-state index is -4.10. The van der Waals surface area contributed by atoms with Crippen LogP contribution in [0, 0.1) is 52.9 Å². The van der Waals surface area contributed by atoms with Gasteiger partial charge in [-0.2, -0.15) is 18.9 Å². The summed E-state index contributed by atoms with van der Waals surface area (Å²) in [5, 5.41) is 41.5. The van der Waals surface area contributed by atoms with Gasteiger partial charge in [0.2, 0.25) is 0 Å². The maximum Gasteiger partial charge on any atom is 0.322 e. The molecule has 14 aromatic rings. The van der Waals surface area contributed by atoms with E-state index in [1.54, 1.807) is 79.4 Å². The zero-order valence-corrected chi connectivity index (χ0v) is 73.5. The van der Waals surface area contributed by atoms with Crippen LogP contribution in [0.15, 0.2) is 240 Å². The average molecular weight is 1940 g/mol. The zero-order chi connectivity index (χ0) is 90.3. The number of carboxylic acid groups (broad SMARTS) is 4. The highest BCUT2D eigenvalue weighted by atomic mass is 127. The van der Waals surface area contributed by atoms with E-state index in [1.807, 2.05) is 97.1 Å². The number of nitrogens with one attached hydrogen (secondary N) is 8. The van der Waals surface area contributed by atoms with Crippen LogP contribution >= 0.6 is 83.9 Å². The minimum Gasteiger partial charge on any atom is -0.480 e. The smallest absolute Gasteiger partial charge is 0.322 e. The third-order valence-corrected chi connectivity index (χ3v) is 31.0. The number of aliphatic carboxylic acids is 4. The quantitative estimate of drug-likeness (QED) is 0.0152. The van der Waals surface area contributed by atoms with Crippen LogP contribution in [0.4, 0.5) is 0 Å². The highest BCUT2D eigenvalue weighted by Crippen LogP contribution is 2.30. The van der Waals surface area contributed by atoms with Gasteiger partial charge in [-0.05, 0) is 172 Å². The fourth-order valence-corrected chi connectivity index (χ4v) is 22.4. The summed E-state index contributed by atoms with van der Waals surface area (Å²) in [5.41, 5.74) is 10.7. The Bertz CT molecular complexity index is 6890. The fourth-order valence-electron chi connectivity index (χ4n) is 11.2. The highest BCUT2D eigenvalue weighted by Gasteiger charge is 2.32. The Balaban J connectivity index is 0.000000167. The Hall–Kier alpha value is -10.1. The Labute approximate surface area is 728 Å². The summed E-state index contributed by atoms with van der Waals surface area (Å²) >= 11 is 9.25. The lowest BCUT2D eigenvalue weighted by molar-refractivity contribution is -0.139. The van der Waals surface area contributed by atoms with Crippen molar-refractivity contribution in [2.75, 3.05) is 0 Å². The number of para-hydroxylation sites is 4. The molecule has 4 atom stereocenters. The van der Waals surface area contributed by atoms with Crippen molar-refractivity contribution < 1.29 is 81.5 Å². The van der Waals surface area contributed by atoms with E-state index in [0.717, 1.165) is 109 Å². The molecule has 12 N–H and O–H groups in total. The average Bonchev–Trinajstić information content (AvgIpc) is 1.71. The molecule has 24 nitrogen and oxygen atoms in total. The van der Waals surface area contributed by atoms with Crippen molar-refractivity contribution in [3.63, 3.8) is 0 Å². The lowest BCUT2D eigenvalue weighted by Gasteiger charge is -2.13. The SMILES string of the molecule is C#Cc1ccc(S(=O)(=O)N[C@H](Cc2c[nH]c3ccccc23)C(=O)O)s1.C[Si](C)(C)C#Cc1ccc(S(=O)(=O)N[C@H](Cc2c[nH]c3ccccc23)C(=O)O)s1.O=C(O)[C@@H](Cc1c[nH]c2ccccc12)NS(=O)(=O)c1ccc(Br)s1.[2H]C([2H])([2H])c1ccc(C#Cc2ccc(S(=O)(=O)N[C@H](Cc3c[nH]c4ccccc34)C(=O)O)s2)cc1.[2H]C([2H])([2H])c1ccc(I)cc1. The van der Waals surface area contributed by atoms with Crippen molar-refractivity contribution in [2.24, 2.45) is 0 Å². The normalized spacial score (nSPS) is 13.5. The van der Waals surface area contributed by atoms with E-state index < -0.39 is 110 Å². The molecule has 14 rings (SSSR count). The van der Waals surface area contributed by atoms with Gasteiger partial charge < -0.3 is 40.4 Å². The summed E-state index contributed by atoms with van der Waals surface area (Å²) in [6.45, 7) is 2.15. The molecule has 0 spiro atoms.